The van der Waals surface area contributed by atoms with E-state index in [1.54, 1.807) is 14.2 Å². The molecule has 2 aromatic rings. The lowest BCUT2D eigenvalue weighted by Gasteiger charge is -2.34. The van der Waals surface area contributed by atoms with Gasteiger partial charge in [-0.2, -0.15) is 0 Å². The number of aryl methyl sites for hydroxylation is 1. The van der Waals surface area contributed by atoms with E-state index in [2.05, 4.69) is 15.9 Å². The lowest BCUT2D eigenvalue weighted by atomic mass is 9.93. The Morgan fingerprint density at radius 3 is 2.48 bits per heavy atom. The summed E-state index contributed by atoms with van der Waals surface area (Å²) in [6.45, 7) is 2.00. The summed E-state index contributed by atoms with van der Waals surface area (Å²) in [5.41, 5.74) is 2.81. The summed E-state index contributed by atoms with van der Waals surface area (Å²) in [5, 5.41) is 10.6. The van der Waals surface area contributed by atoms with Crippen molar-refractivity contribution in [2.24, 2.45) is 0 Å². The van der Waals surface area contributed by atoms with Crippen LogP contribution in [0.15, 0.2) is 36.4 Å². The van der Waals surface area contributed by atoms with Crippen LogP contribution in [-0.4, -0.2) is 24.2 Å². The smallest absolute Gasteiger partial charge is 0.161 e. The predicted octanol–water partition coefficient (Wildman–Crippen LogP) is 3.94. The Hall–Kier alpha value is -1.72. The van der Waals surface area contributed by atoms with Crippen LogP contribution in [0, 0.1) is 6.92 Å². The number of methoxy groups -OCH3 is 2. The molecule has 3 rings (SSSR count). The monoisotopic (exact) mass is 378 g/mol. The van der Waals surface area contributed by atoms with E-state index in [4.69, 9.17) is 14.2 Å². The van der Waals surface area contributed by atoms with Crippen molar-refractivity contribution in [3.05, 3.63) is 53.1 Å². The lowest BCUT2D eigenvalue weighted by Crippen LogP contribution is -2.30. The lowest BCUT2D eigenvalue weighted by molar-refractivity contribution is 0.0765. The van der Waals surface area contributed by atoms with E-state index in [9.17, 15) is 5.11 Å². The second-order valence-electron chi connectivity index (χ2n) is 5.58. The number of hydrogen-bond acceptors (Lipinski definition) is 4. The average molecular weight is 379 g/mol. The summed E-state index contributed by atoms with van der Waals surface area (Å²) in [6.07, 6.45) is -0.961. The maximum atomic E-state index is 10.6. The zero-order valence-corrected chi connectivity index (χ0v) is 14.8. The minimum Gasteiger partial charge on any atom is -0.493 e. The molecule has 0 aliphatic carbocycles. The first-order chi connectivity index (χ1) is 11.0. The van der Waals surface area contributed by atoms with E-state index in [1.165, 1.54) is 0 Å². The van der Waals surface area contributed by atoms with Gasteiger partial charge in [-0.15, -0.1) is 0 Å². The van der Waals surface area contributed by atoms with E-state index in [-0.39, 0.29) is 10.9 Å². The Morgan fingerprint density at radius 2 is 1.78 bits per heavy atom. The Bertz CT molecular complexity index is 716. The zero-order valence-electron chi connectivity index (χ0n) is 13.2. The molecule has 5 heteroatoms. The highest BCUT2D eigenvalue weighted by atomic mass is 79.9. The molecular formula is C18H19BrO4. The molecular weight excluding hydrogens is 360 g/mol. The summed E-state index contributed by atoms with van der Waals surface area (Å²) in [4.78, 5) is -0.255. The van der Waals surface area contributed by atoms with E-state index >= 15 is 0 Å². The summed E-state index contributed by atoms with van der Waals surface area (Å²) in [5.74, 6) is 2.01. The van der Waals surface area contributed by atoms with E-state index in [0.29, 0.717) is 17.2 Å². The number of halogens is 1. The molecule has 0 aromatic heterocycles. The standard InChI is InChI=1S/C18H19BrO4/c1-10-4-6-13-12(8-10)17(20)16(19)18(23-13)11-5-7-14(21-2)15(9-11)22-3/h4-9,16-18,20H,1-3H3/t16-,17-,18-/m1/s1. The number of fused-ring (bicyclic) bond motifs is 1. The molecule has 1 aliphatic rings. The van der Waals surface area contributed by atoms with Crippen molar-refractivity contribution < 1.29 is 19.3 Å². The molecule has 0 unspecified atom stereocenters. The third-order valence-corrected chi connectivity index (χ3v) is 5.05. The molecule has 0 saturated carbocycles. The largest absolute Gasteiger partial charge is 0.493 e. The first kappa shape index (κ1) is 16.1. The first-order valence-electron chi connectivity index (χ1n) is 7.36. The highest BCUT2D eigenvalue weighted by Crippen LogP contribution is 2.45. The molecule has 0 radical (unpaired) electrons. The van der Waals surface area contributed by atoms with Gasteiger partial charge in [0.2, 0.25) is 0 Å². The van der Waals surface area contributed by atoms with Crippen LogP contribution >= 0.6 is 15.9 Å². The maximum Gasteiger partial charge on any atom is 0.161 e. The van der Waals surface area contributed by atoms with Crippen LogP contribution in [0.1, 0.15) is 28.9 Å². The van der Waals surface area contributed by atoms with Crippen molar-refractivity contribution in [2.75, 3.05) is 14.2 Å². The molecule has 1 heterocycles. The fourth-order valence-electron chi connectivity index (χ4n) is 2.83. The minimum absolute atomic E-state index is 0.255. The van der Waals surface area contributed by atoms with Crippen molar-refractivity contribution in [3.63, 3.8) is 0 Å². The van der Waals surface area contributed by atoms with Crippen molar-refractivity contribution >= 4 is 15.9 Å². The van der Waals surface area contributed by atoms with Gasteiger partial charge in [0.15, 0.2) is 11.5 Å². The predicted molar refractivity (Wildman–Crippen MR) is 91.8 cm³/mol. The van der Waals surface area contributed by atoms with Crippen LogP contribution in [0.25, 0.3) is 0 Å². The summed E-state index contributed by atoms with van der Waals surface area (Å²) in [6, 6.07) is 11.5. The molecule has 0 amide bonds. The van der Waals surface area contributed by atoms with Crippen molar-refractivity contribution in [2.45, 2.75) is 24.0 Å². The minimum atomic E-state index is -0.642. The van der Waals surface area contributed by atoms with E-state index in [0.717, 1.165) is 16.7 Å². The molecule has 1 N–H and O–H groups in total. The highest BCUT2D eigenvalue weighted by Gasteiger charge is 2.37. The Balaban J connectivity index is 1.99. The third-order valence-electron chi connectivity index (χ3n) is 4.06. The second kappa shape index (κ2) is 6.42. The third kappa shape index (κ3) is 2.91. The van der Waals surface area contributed by atoms with Crippen LogP contribution < -0.4 is 14.2 Å². The van der Waals surface area contributed by atoms with Crippen LogP contribution in [-0.2, 0) is 0 Å². The van der Waals surface area contributed by atoms with Gasteiger partial charge in [0.25, 0.3) is 0 Å². The van der Waals surface area contributed by atoms with Gasteiger partial charge in [-0.1, -0.05) is 33.6 Å². The molecule has 4 nitrogen and oxygen atoms in total. The fourth-order valence-corrected chi connectivity index (χ4v) is 3.52. The molecule has 122 valence electrons. The van der Waals surface area contributed by atoms with Gasteiger partial charge < -0.3 is 19.3 Å². The number of benzene rings is 2. The van der Waals surface area contributed by atoms with Crippen molar-refractivity contribution in [3.8, 4) is 17.2 Å². The summed E-state index contributed by atoms with van der Waals surface area (Å²) in [7, 11) is 3.20. The van der Waals surface area contributed by atoms with Crippen LogP contribution in [0.3, 0.4) is 0 Å². The molecule has 0 spiro atoms. The molecule has 1 aliphatic heterocycles. The number of ether oxygens (including phenoxy) is 3. The molecule has 3 atom stereocenters. The van der Waals surface area contributed by atoms with Crippen molar-refractivity contribution in [1.29, 1.82) is 0 Å². The Kier molecular flexibility index (Phi) is 4.50. The van der Waals surface area contributed by atoms with Gasteiger partial charge in [0, 0.05) is 5.56 Å². The highest BCUT2D eigenvalue weighted by molar-refractivity contribution is 9.09. The Morgan fingerprint density at radius 1 is 1.04 bits per heavy atom. The molecule has 0 fully saturated rings. The number of aliphatic hydroxyl groups is 1. The van der Waals surface area contributed by atoms with Gasteiger partial charge in [0.1, 0.15) is 11.9 Å². The normalized spacial score (nSPS) is 22.9. The van der Waals surface area contributed by atoms with E-state index in [1.807, 2.05) is 43.3 Å². The average Bonchev–Trinajstić information content (AvgIpc) is 2.58. The second-order valence-corrected chi connectivity index (χ2v) is 6.64. The summed E-state index contributed by atoms with van der Waals surface area (Å²) >= 11 is 3.59. The number of aliphatic hydroxyl groups excluding tert-OH is 1. The SMILES string of the molecule is COc1ccc([C@H]2Oc3ccc(C)cc3[C@@H](O)[C@H]2Br)cc1OC. The molecule has 2 aromatic carbocycles. The molecule has 23 heavy (non-hydrogen) atoms. The van der Waals surface area contributed by atoms with Crippen LogP contribution in [0.5, 0.6) is 17.2 Å². The van der Waals surface area contributed by atoms with Gasteiger partial charge in [-0.05, 0) is 36.8 Å². The fraction of sp³-hybridized carbons (Fsp3) is 0.333. The molecule has 0 bridgehead atoms. The van der Waals surface area contributed by atoms with E-state index < -0.39 is 6.10 Å². The zero-order chi connectivity index (χ0) is 16.6. The van der Waals surface area contributed by atoms with Crippen molar-refractivity contribution in [1.82, 2.24) is 0 Å². The number of hydrogen-bond donors (Lipinski definition) is 1. The number of alkyl halides is 1. The quantitative estimate of drug-likeness (QED) is 0.821. The van der Waals surface area contributed by atoms with Crippen LogP contribution in [0.2, 0.25) is 0 Å². The summed E-state index contributed by atoms with van der Waals surface area (Å²) < 4.78 is 16.8. The topological polar surface area (TPSA) is 47.9 Å². The van der Waals surface area contributed by atoms with Gasteiger partial charge >= 0.3 is 0 Å². The van der Waals surface area contributed by atoms with Gasteiger partial charge in [0.05, 0.1) is 25.2 Å². The maximum absolute atomic E-state index is 10.6. The first-order valence-corrected chi connectivity index (χ1v) is 8.28. The van der Waals surface area contributed by atoms with Crippen LogP contribution in [0.4, 0.5) is 0 Å². The van der Waals surface area contributed by atoms with Gasteiger partial charge in [-0.25, -0.2) is 0 Å². The Labute approximate surface area is 144 Å². The van der Waals surface area contributed by atoms with Gasteiger partial charge in [-0.3, -0.25) is 0 Å². The number of rotatable bonds is 3. The molecule has 0 saturated heterocycles.